The molecule has 1 aliphatic rings. The van der Waals surface area contributed by atoms with Crippen LogP contribution in [0.4, 0.5) is 0 Å². The standard InChI is InChI=1S/C8H13NO/c1-7(10)9-8-5-3-2-4-6-8/h2-6H2,1H3. The molecule has 0 aromatic rings. The van der Waals surface area contributed by atoms with Crippen molar-refractivity contribution in [3.63, 3.8) is 0 Å². The average molecular weight is 139 g/mol. The lowest BCUT2D eigenvalue weighted by Gasteiger charge is -2.10. The van der Waals surface area contributed by atoms with E-state index in [4.69, 9.17) is 0 Å². The van der Waals surface area contributed by atoms with Gasteiger partial charge in [-0.25, -0.2) is 4.99 Å². The Balaban J connectivity index is 2.45. The van der Waals surface area contributed by atoms with Crippen LogP contribution in [-0.4, -0.2) is 11.6 Å². The smallest absolute Gasteiger partial charge is 0.242 e. The maximum atomic E-state index is 10.5. The highest BCUT2D eigenvalue weighted by atomic mass is 16.1. The molecule has 0 aromatic heterocycles. The van der Waals surface area contributed by atoms with Gasteiger partial charge in [-0.05, 0) is 25.7 Å². The van der Waals surface area contributed by atoms with Crippen LogP contribution in [0.5, 0.6) is 0 Å². The Morgan fingerprint density at radius 3 is 2.40 bits per heavy atom. The number of carbonyl (C=O) groups is 1. The van der Waals surface area contributed by atoms with E-state index < -0.39 is 0 Å². The quantitative estimate of drug-likeness (QED) is 0.504. The Bertz CT molecular complexity index is 153. The van der Waals surface area contributed by atoms with Crippen molar-refractivity contribution in [2.24, 2.45) is 4.99 Å². The Morgan fingerprint density at radius 2 is 1.90 bits per heavy atom. The summed E-state index contributed by atoms with van der Waals surface area (Å²) in [5, 5.41) is 0. The monoisotopic (exact) mass is 139 g/mol. The van der Waals surface area contributed by atoms with Gasteiger partial charge in [-0.2, -0.15) is 0 Å². The lowest BCUT2D eigenvalue weighted by Crippen LogP contribution is -2.06. The molecule has 1 aliphatic carbocycles. The summed E-state index contributed by atoms with van der Waals surface area (Å²) in [5.74, 6) is -0.0445. The predicted octanol–water partition coefficient (Wildman–Crippen LogP) is 1.94. The van der Waals surface area contributed by atoms with Crippen molar-refractivity contribution in [2.45, 2.75) is 39.0 Å². The summed E-state index contributed by atoms with van der Waals surface area (Å²) in [7, 11) is 0. The van der Waals surface area contributed by atoms with Crippen LogP contribution in [-0.2, 0) is 4.79 Å². The third-order valence-corrected chi connectivity index (χ3v) is 1.75. The zero-order valence-electron chi connectivity index (χ0n) is 6.39. The molecule has 0 saturated heterocycles. The molecular weight excluding hydrogens is 126 g/mol. The Kier molecular flexibility index (Phi) is 2.60. The molecule has 1 rings (SSSR count). The van der Waals surface area contributed by atoms with Crippen molar-refractivity contribution in [1.82, 2.24) is 0 Å². The van der Waals surface area contributed by atoms with Gasteiger partial charge in [0.2, 0.25) is 5.91 Å². The molecule has 0 heterocycles. The first kappa shape index (κ1) is 7.45. The molecule has 2 nitrogen and oxygen atoms in total. The number of hydrogen-bond acceptors (Lipinski definition) is 1. The van der Waals surface area contributed by atoms with Crippen LogP contribution < -0.4 is 0 Å². The molecule has 0 aromatic carbocycles. The van der Waals surface area contributed by atoms with Crippen LogP contribution in [0.25, 0.3) is 0 Å². The number of nitrogens with zero attached hydrogens (tertiary/aromatic N) is 1. The highest BCUT2D eigenvalue weighted by molar-refractivity contribution is 5.95. The Labute approximate surface area is 61.3 Å². The summed E-state index contributed by atoms with van der Waals surface area (Å²) in [6.07, 6.45) is 5.81. The first-order valence-corrected chi connectivity index (χ1v) is 3.86. The van der Waals surface area contributed by atoms with Gasteiger partial charge in [-0.3, -0.25) is 4.79 Å². The molecular formula is C8H13NO. The van der Waals surface area contributed by atoms with Gasteiger partial charge in [0, 0.05) is 12.6 Å². The maximum absolute atomic E-state index is 10.5. The topological polar surface area (TPSA) is 29.4 Å². The molecule has 0 atom stereocenters. The molecule has 2 heteroatoms. The summed E-state index contributed by atoms with van der Waals surface area (Å²) < 4.78 is 0. The fourth-order valence-electron chi connectivity index (χ4n) is 1.29. The molecule has 1 amide bonds. The van der Waals surface area contributed by atoms with Crippen LogP contribution in [0, 0.1) is 0 Å². The summed E-state index contributed by atoms with van der Waals surface area (Å²) in [4.78, 5) is 14.4. The van der Waals surface area contributed by atoms with Gasteiger partial charge in [0.25, 0.3) is 0 Å². The molecule has 0 aliphatic heterocycles. The van der Waals surface area contributed by atoms with E-state index in [1.165, 1.54) is 26.2 Å². The molecule has 1 saturated carbocycles. The summed E-state index contributed by atoms with van der Waals surface area (Å²) >= 11 is 0. The van der Waals surface area contributed by atoms with E-state index in [0.717, 1.165) is 18.6 Å². The second-order valence-electron chi connectivity index (χ2n) is 2.76. The van der Waals surface area contributed by atoms with Gasteiger partial charge in [0.1, 0.15) is 0 Å². The van der Waals surface area contributed by atoms with Crippen molar-refractivity contribution in [3.8, 4) is 0 Å². The van der Waals surface area contributed by atoms with E-state index >= 15 is 0 Å². The van der Waals surface area contributed by atoms with E-state index in [1.807, 2.05) is 0 Å². The van der Waals surface area contributed by atoms with Gasteiger partial charge < -0.3 is 0 Å². The van der Waals surface area contributed by atoms with Crippen molar-refractivity contribution < 1.29 is 4.79 Å². The normalized spacial score (nSPS) is 18.7. The minimum Gasteiger partial charge on any atom is -0.273 e. The molecule has 56 valence electrons. The van der Waals surface area contributed by atoms with Crippen molar-refractivity contribution >= 4 is 11.6 Å². The van der Waals surface area contributed by atoms with Gasteiger partial charge in [0.05, 0.1) is 0 Å². The highest BCUT2D eigenvalue weighted by Gasteiger charge is 2.06. The van der Waals surface area contributed by atoms with Crippen LogP contribution in [0.1, 0.15) is 39.0 Å². The van der Waals surface area contributed by atoms with E-state index in [9.17, 15) is 4.79 Å². The van der Waals surface area contributed by atoms with Crippen LogP contribution in [0.15, 0.2) is 4.99 Å². The first-order valence-electron chi connectivity index (χ1n) is 3.86. The van der Waals surface area contributed by atoms with E-state index in [0.29, 0.717) is 0 Å². The second-order valence-corrected chi connectivity index (χ2v) is 2.76. The Hall–Kier alpha value is -0.660. The molecule has 0 spiro atoms. The van der Waals surface area contributed by atoms with Gasteiger partial charge in [-0.15, -0.1) is 0 Å². The maximum Gasteiger partial charge on any atom is 0.242 e. The molecule has 10 heavy (non-hydrogen) atoms. The van der Waals surface area contributed by atoms with E-state index in [1.54, 1.807) is 0 Å². The fraction of sp³-hybridized carbons (Fsp3) is 0.750. The lowest BCUT2D eigenvalue weighted by molar-refractivity contribution is -0.115. The van der Waals surface area contributed by atoms with E-state index in [2.05, 4.69) is 4.99 Å². The fourth-order valence-corrected chi connectivity index (χ4v) is 1.29. The lowest BCUT2D eigenvalue weighted by atomic mass is 9.99. The highest BCUT2D eigenvalue weighted by Crippen LogP contribution is 2.14. The number of carbonyl (C=O) groups excluding carboxylic acids is 1. The number of rotatable bonds is 0. The predicted molar refractivity (Wildman–Crippen MR) is 41.2 cm³/mol. The summed E-state index contributed by atoms with van der Waals surface area (Å²) in [5.41, 5.74) is 1.11. The molecule has 0 N–H and O–H groups in total. The van der Waals surface area contributed by atoms with Crippen molar-refractivity contribution in [3.05, 3.63) is 0 Å². The summed E-state index contributed by atoms with van der Waals surface area (Å²) in [6.45, 7) is 1.52. The van der Waals surface area contributed by atoms with Gasteiger partial charge >= 0.3 is 0 Å². The third kappa shape index (κ3) is 2.29. The molecule has 1 fully saturated rings. The number of amides is 1. The SMILES string of the molecule is CC(=O)N=C1CCCCC1. The zero-order valence-corrected chi connectivity index (χ0v) is 6.39. The zero-order chi connectivity index (χ0) is 7.40. The second kappa shape index (κ2) is 3.49. The van der Waals surface area contributed by atoms with Gasteiger partial charge in [0.15, 0.2) is 0 Å². The molecule has 0 radical (unpaired) electrons. The molecule has 0 unspecified atom stereocenters. The van der Waals surface area contributed by atoms with Crippen LogP contribution >= 0.6 is 0 Å². The van der Waals surface area contributed by atoms with Crippen LogP contribution in [0.2, 0.25) is 0 Å². The van der Waals surface area contributed by atoms with Crippen molar-refractivity contribution in [2.75, 3.05) is 0 Å². The number of aliphatic imine (C=N–C) groups is 1. The summed E-state index contributed by atoms with van der Waals surface area (Å²) in [6, 6.07) is 0. The van der Waals surface area contributed by atoms with Crippen LogP contribution in [0.3, 0.4) is 0 Å². The number of hydrogen-bond donors (Lipinski definition) is 0. The minimum atomic E-state index is -0.0445. The average Bonchev–Trinajstić information content (AvgIpc) is 1.88. The van der Waals surface area contributed by atoms with Gasteiger partial charge in [-0.1, -0.05) is 6.42 Å². The Morgan fingerprint density at radius 1 is 1.30 bits per heavy atom. The van der Waals surface area contributed by atoms with Crippen molar-refractivity contribution in [1.29, 1.82) is 0 Å². The van der Waals surface area contributed by atoms with E-state index in [-0.39, 0.29) is 5.91 Å². The largest absolute Gasteiger partial charge is 0.273 e. The first-order chi connectivity index (χ1) is 4.79. The molecule has 0 bridgehead atoms. The third-order valence-electron chi connectivity index (χ3n) is 1.75. The minimum absolute atomic E-state index is 0.0445.